The molecule has 3 heterocycles. The monoisotopic (exact) mass is 344 g/mol. The van der Waals surface area contributed by atoms with E-state index in [4.69, 9.17) is 4.42 Å². The zero-order valence-electron chi connectivity index (χ0n) is 14.3. The van der Waals surface area contributed by atoms with Crippen LogP contribution in [0.1, 0.15) is 53.0 Å². The summed E-state index contributed by atoms with van der Waals surface area (Å²) in [7, 11) is 2.89. The Morgan fingerprint density at radius 3 is 2.68 bits per heavy atom. The van der Waals surface area contributed by atoms with Gasteiger partial charge in [-0.15, -0.1) is 0 Å². The maximum Gasteiger partial charge on any atom is 0.331 e. The van der Waals surface area contributed by atoms with Gasteiger partial charge in [-0.3, -0.25) is 18.7 Å². The van der Waals surface area contributed by atoms with Gasteiger partial charge in [-0.25, -0.2) is 9.78 Å². The van der Waals surface area contributed by atoms with Gasteiger partial charge in [-0.05, 0) is 12.8 Å². The van der Waals surface area contributed by atoms with Crippen molar-refractivity contribution in [3.05, 3.63) is 49.9 Å². The lowest BCUT2D eigenvalue weighted by Crippen LogP contribution is -2.43. The second-order valence-corrected chi connectivity index (χ2v) is 6.79. The standard InChI is InChI=1S/C17H20N4O4/c1-19-12(8-14(22)20(2)17(19)24)16(23)21-7-6-13-11(9-21)18-15(25-13)10-4-3-5-10/h8,10H,3-7,9H2,1-2H3. The largest absolute Gasteiger partial charge is 0.445 e. The molecule has 0 saturated heterocycles. The predicted molar refractivity (Wildman–Crippen MR) is 88.5 cm³/mol. The summed E-state index contributed by atoms with van der Waals surface area (Å²) in [5.41, 5.74) is -0.116. The van der Waals surface area contributed by atoms with E-state index in [2.05, 4.69) is 4.98 Å². The third-order valence-electron chi connectivity index (χ3n) is 5.23. The summed E-state index contributed by atoms with van der Waals surface area (Å²) in [6, 6.07) is 1.21. The van der Waals surface area contributed by atoms with Crippen molar-refractivity contribution < 1.29 is 9.21 Å². The molecule has 1 fully saturated rings. The Labute approximate surface area is 143 Å². The molecular weight excluding hydrogens is 324 g/mol. The third kappa shape index (κ3) is 2.52. The highest BCUT2D eigenvalue weighted by molar-refractivity contribution is 5.92. The lowest BCUT2D eigenvalue weighted by atomic mass is 9.85. The van der Waals surface area contributed by atoms with E-state index in [0.717, 1.165) is 34.8 Å². The molecule has 0 bridgehead atoms. The van der Waals surface area contributed by atoms with E-state index in [1.165, 1.54) is 31.1 Å². The normalized spacial score (nSPS) is 17.3. The van der Waals surface area contributed by atoms with Crippen LogP contribution in [0.25, 0.3) is 0 Å². The quantitative estimate of drug-likeness (QED) is 0.793. The molecule has 1 saturated carbocycles. The van der Waals surface area contributed by atoms with Gasteiger partial charge in [0.2, 0.25) is 0 Å². The first-order chi connectivity index (χ1) is 12.0. The summed E-state index contributed by atoms with van der Waals surface area (Å²) in [4.78, 5) is 42.9. The van der Waals surface area contributed by atoms with E-state index in [0.29, 0.717) is 25.4 Å². The Morgan fingerprint density at radius 1 is 1.24 bits per heavy atom. The summed E-state index contributed by atoms with van der Waals surface area (Å²) in [6.45, 7) is 0.822. The van der Waals surface area contributed by atoms with Crippen molar-refractivity contribution in [1.29, 1.82) is 0 Å². The van der Waals surface area contributed by atoms with Gasteiger partial charge in [0.1, 0.15) is 17.1 Å². The summed E-state index contributed by atoms with van der Waals surface area (Å²) in [5.74, 6) is 1.71. The number of hydrogen-bond acceptors (Lipinski definition) is 5. The SMILES string of the molecule is Cn1c(C(=O)N2CCc3oc(C4CCC4)nc3C2)cc(=O)n(C)c1=O. The first-order valence-corrected chi connectivity index (χ1v) is 8.50. The van der Waals surface area contributed by atoms with Crippen LogP contribution >= 0.6 is 0 Å². The zero-order valence-corrected chi connectivity index (χ0v) is 14.3. The fourth-order valence-corrected chi connectivity index (χ4v) is 3.32. The second-order valence-electron chi connectivity index (χ2n) is 6.79. The number of oxazole rings is 1. The number of carbonyl (C=O) groups is 1. The number of aromatic nitrogens is 3. The summed E-state index contributed by atoms with van der Waals surface area (Å²) < 4.78 is 8.05. The molecule has 8 nitrogen and oxygen atoms in total. The van der Waals surface area contributed by atoms with Gasteiger partial charge in [0.05, 0.1) is 6.54 Å². The van der Waals surface area contributed by atoms with E-state index in [-0.39, 0.29) is 11.6 Å². The number of fused-ring (bicyclic) bond motifs is 1. The number of carbonyl (C=O) groups excluding carboxylic acids is 1. The molecular formula is C17H20N4O4. The molecule has 132 valence electrons. The molecule has 0 radical (unpaired) electrons. The topological polar surface area (TPSA) is 90.3 Å². The lowest BCUT2D eigenvalue weighted by Gasteiger charge is -2.26. The lowest BCUT2D eigenvalue weighted by molar-refractivity contribution is 0.0715. The minimum absolute atomic E-state index is 0.0965. The average molecular weight is 344 g/mol. The summed E-state index contributed by atoms with van der Waals surface area (Å²) >= 11 is 0. The number of hydrogen-bond donors (Lipinski definition) is 0. The van der Waals surface area contributed by atoms with E-state index in [1.54, 1.807) is 4.90 Å². The molecule has 1 aliphatic heterocycles. The molecule has 2 aromatic rings. The molecule has 0 spiro atoms. The van der Waals surface area contributed by atoms with Crippen molar-refractivity contribution in [3.63, 3.8) is 0 Å². The van der Waals surface area contributed by atoms with Crippen molar-refractivity contribution in [2.75, 3.05) is 6.54 Å². The van der Waals surface area contributed by atoms with Gasteiger partial charge in [-0.1, -0.05) is 6.42 Å². The molecule has 4 rings (SSSR count). The Balaban J connectivity index is 1.61. The van der Waals surface area contributed by atoms with Crippen LogP contribution < -0.4 is 11.2 Å². The van der Waals surface area contributed by atoms with Gasteiger partial charge in [-0.2, -0.15) is 0 Å². The van der Waals surface area contributed by atoms with Crippen LogP contribution in [-0.4, -0.2) is 31.5 Å². The highest BCUT2D eigenvalue weighted by atomic mass is 16.4. The van der Waals surface area contributed by atoms with Crippen LogP contribution in [0.15, 0.2) is 20.1 Å². The van der Waals surface area contributed by atoms with Gasteiger partial charge < -0.3 is 9.32 Å². The Kier molecular flexibility index (Phi) is 3.63. The molecule has 0 N–H and O–H groups in total. The maximum absolute atomic E-state index is 12.8. The van der Waals surface area contributed by atoms with Crippen molar-refractivity contribution in [1.82, 2.24) is 19.0 Å². The minimum atomic E-state index is -0.512. The number of rotatable bonds is 2. The van der Waals surface area contributed by atoms with Crippen LogP contribution in [-0.2, 0) is 27.1 Å². The Morgan fingerprint density at radius 2 is 2.00 bits per heavy atom. The summed E-state index contributed by atoms with van der Waals surface area (Å²) in [5, 5.41) is 0. The minimum Gasteiger partial charge on any atom is -0.445 e. The predicted octanol–water partition coefficient (Wildman–Crippen LogP) is 0.538. The van der Waals surface area contributed by atoms with E-state index in [9.17, 15) is 14.4 Å². The van der Waals surface area contributed by atoms with Crippen LogP contribution in [0.2, 0.25) is 0 Å². The fraction of sp³-hybridized carbons (Fsp3) is 0.529. The Hall–Kier alpha value is -2.64. The average Bonchev–Trinajstić information content (AvgIpc) is 2.96. The third-order valence-corrected chi connectivity index (χ3v) is 5.23. The maximum atomic E-state index is 12.8. The molecule has 0 unspecified atom stereocenters. The van der Waals surface area contributed by atoms with Crippen molar-refractivity contribution in [2.45, 2.75) is 38.1 Å². The van der Waals surface area contributed by atoms with E-state index >= 15 is 0 Å². The number of nitrogens with zero attached hydrogens (tertiary/aromatic N) is 4. The molecule has 2 aliphatic rings. The first kappa shape index (κ1) is 15.9. The van der Waals surface area contributed by atoms with Crippen molar-refractivity contribution in [2.24, 2.45) is 14.1 Å². The highest BCUT2D eigenvalue weighted by Crippen LogP contribution is 2.37. The molecule has 1 aliphatic carbocycles. The van der Waals surface area contributed by atoms with Crippen molar-refractivity contribution in [3.8, 4) is 0 Å². The van der Waals surface area contributed by atoms with Crippen LogP contribution in [0.3, 0.4) is 0 Å². The molecule has 0 atom stereocenters. The van der Waals surface area contributed by atoms with Crippen LogP contribution in [0, 0.1) is 0 Å². The molecule has 2 aromatic heterocycles. The van der Waals surface area contributed by atoms with Crippen LogP contribution in [0.5, 0.6) is 0 Å². The smallest absolute Gasteiger partial charge is 0.331 e. The second kappa shape index (κ2) is 5.72. The fourth-order valence-electron chi connectivity index (χ4n) is 3.32. The van der Waals surface area contributed by atoms with Gasteiger partial charge >= 0.3 is 5.69 Å². The number of amides is 1. The van der Waals surface area contributed by atoms with E-state index < -0.39 is 11.2 Å². The van der Waals surface area contributed by atoms with Gasteiger partial charge in [0.15, 0.2) is 5.89 Å². The highest BCUT2D eigenvalue weighted by Gasteiger charge is 2.31. The van der Waals surface area contributed by atoms with Crippen molar-refractivity contribution >= 4 is 5.91 Å². The van der Waals surface area contributed by atoms with E-state index in [1.807, 2.05) is 0 Å². The first-order valence-electron chi connectivity index (χ1n) is 8.50. The van der Waals surface area contributed by atoms with Crippen LogP contribution in [0.4, 0.5) is 0 Å². The molecule has 0 aromatic carbocycles. The zero-order chi connectivity index (χ0) is 17.7. The molecule has 1 amide bonds. The van der Waals surface area contributed by atoms with Gasteiger partial charge in [0.25, 0.3) is 11.5 Å². The van der Waals surface area contributed by atoms with Gasteiger partial charge in [0, 0.05) is 39.0 Å². The molecule has 8 heteroatoms. The Bertz CT molecular complexity index is 964. The molecule has 25 heavy (non-hydrogen) atoms. The summed E-state index contributed by atoms with van der Waals surface area (Å²) in [6.07, 6.45) is 4.02.